The lowest BCUT2D eigenvalue weighted by Gasteiger charge is -2.12. The van der Waals surface area contributed by atoms with Crippen LogP contribution in [-0.2, 0) is 11.0 Å². The molecule has 0 spiro atoms. The number of hydrogen-bond donors (Lipinski definition) is 3. The van der Waals surface area contributed by atoms with Gasteiger partial charge >= 0.3 is 12.1 Å². The number of nitrogens with zero attached hydrogens (tertiary/aromatic N) is 1. The maximum Gasteiger partial charge on any atom is 0.418 e. The third kappa shape index (κ3) is 5.09. The third-order valence-corrected chi connectivity index (χ3v) is 3.34. The van der Waals surface area contributed by atoms with Crippen LogP contribution in [0.3, 0.4) is 0 Å². The molecule has 0 bridgehead atoms. The number of para-hydroxylation sites is 1. The van der Waals surface area contributed by atoms with E-state index >= 15 is 0 Å². The molecule has 0 fully saturated rings. The van der Waals surface area contributed by atoms with Crippen LogP contribution in [-0.4, -0.2) is 17.0 Å². The molecule has 2 rings (SSSR count). The first-order valence-electron chi connectivity index (χ1n) is 7.40. The van der Waals surface area contributed by atoms with E-state index in [-0.39, 0.29) is 16.9 Å². The van der Waals surface area contributed by atoms with Gasteiger partial charge in [-0.05, 0) is 30.3 Å². The fraction of sp³-hybridized carbons (Fsp3) is 0.0556. The van der Waals surface area contributed by atoms with Gasteiger partial charge in [-0.2, -0.15) is 18.4 Å². The van der Waals surface area contributed by atoms with E-state index in [1.807, 2.05) is 0 Å². The molecule has 0 aromatic heterocycles. The Balaban J connectivity index is 2.20. The van der Waals surface area contributed by atoms with Gasteiger partial charge in [-0.3, -0.25) is 4.79 Å². The van der Waals surface area contributed by atoms with Crippen molar-refractivity contribution >= 4 is 23.3 Å². The predicted molar refractivity (Wildman–Crippen MR) is 90.8 cm³/mol. The van der Waals surface area contributed by atoms with Gasteiger partial charge in [-0.15, -0.1) is 0 Å². The molecule has 3 N–H and O–H groups in total. The van der Waals surface area contributed by atoms with Gasteiger partial charge in [0.05, 0.1) is 16.8 Å². The number of halogens is 3. The number of benzene rings is 2. The second kappa shape index (κ2) is 8.05. The number of hydrogen-bond acceptors (Lipinski definition) is 4. The third-order valence-electron chi connectivity index (χ3n) is 3.34. The number of alkyl halides is 3. The van der Waals surface area contributed by atoms with Gasteiger partial charge in [0.25, 0.3) is 5.91 Å². The van der Waals surface area contributed by atoms with Crippen molar-refractivity contribution in [1.82, 2.24) is 0 Å². The van der Waals surface area contributed by atoms with Crippen molar-refractivity contribution in [1.29, 1.82) is 5.26 Å². The standard InChI is InChI=1S/C18H12F3N3O3/c19-18(20,21)14-6-1-2-7-15(14)23-10-12(9-22)16(25)24-13-5-3-4-11(8-13)17(26)27/h1-8,10,23H,(H,24,25)(H,26,27)/b12-10-. The summed E-state index contributed by atoms with van der Waals surface area (Å²) < 4.78 is 38.9. The van der Waals surface area contributed by atoms with E-state index in [1.165, 1.54) is 36.4 Å². The number of amides is 1. The van der Waals surface area contributed by atoms with Gasteiger partial charge < -0.3 is 15.7 Å². The molecule has 0 aliphatic rings. The Morgan fingerprint density at radius 1 is 1.11 bits per heavy atom. The van der Waals surface area contributed by atoms with Crippen LogP contribution in [0.25, 0.3) is 0 Å². The van der Waals surface area contributed by atoms with Crippen molar-refractivity contribution in [2.75, 3.05) is 10.6 Å². The SMILES string of the molecule is N#C/C(=C/Nc1ccccc1C(F)(F)F)C(=O)Nc1cccc(C(=O)O)c1. The Labute approximate surface area is 151 Å². The van der Waals surface area contributed by atoms with Crippen molar-refractivity contribution in [3.8, 4) is 6.07 Å². The van der Waals surface area contributed by atoms with E-state index < -0.39 is 29.2 Å². The largest absolute Gasteiger partial charge is 0.478 e. The fourth-order valence-electron chi connectivity index (χ4n) is 2.08. The molecule has 0 heterocycles. The van der Waals surface area contributed by atoms with Gasteiger partial charge in [0, 0.05) is 11.9 Å². The minimum atomic E-state index is -4.61. The lowest BCUT2D eigenvalue weighted by Crippen LogP contribution is -2.15. The number of rotatable bonds is 5. The van der Waals surface area contributed by atoms with Gasteiger partial charge in [0.15, 0.2) is 0 Å². The van der Waals surface area contributed by atoms with Crippen molar-refractivity contribution in [3.05, 3.63) is 71.4 Å². The molecule has 0 saturated carbocycles. The normalized spacial score (nSPS) is 11.4. The van der Waals surface area contributed by atoms with Crippen LogP contribution in [0.15, 0.2) is 60.3 Å². The highest BCUT2D eigenvalue weighted by Gasteiger charge is 2.33. The second-order valence-electron chi connectivity index (χ2n) is 5.20. The molecule has 9 heteroatoms. The number of carbonyl (C=O) groups is 2. The number of anilines is 2. The lowest BCUT2D eigenvalue weighted by molar-refractivity contribution is -0.136. The molecule has 1 amide bonds. The smallest absolute Gasteiger partial charge is 0.418 e. The van der Waals surface area contributed by atoms with E-state index in [4.69, 9.17) is 10.4 Å². The van der Waals surface area contributed by atoms with Crippen LogP contribution in [0.4, 0.5) is 24.5 Å². The summed E-state index contributed by atoms with van der Waals surface area (Å²) >= 11 is 0. The molecule has 0 radical (unpaired) electrons. The molecular formula is C18H12F3N3O3. The number of carboxylic acid groups (broad SMARTS) is 1. The molecular weight excluding hydrogens is 363 g/mol. The molecule has 6 nitrogen and oxygen atoms in total. The maximum atomic E-state index is 13.0. The van der Waals surface area contributed by atoms with Crippen LogP contribution in [0.5, 0.6) is 0 Å². The second-order valence-corrected chi connectivity index (χ2v) is 5.20. The minimum absolute atomic E-state index is 0.0764. The molecule has 138 valence electrons. The first-order valence-corrected chi connectivity index (χ1v) is 7.40. The highest BCUT2D eigenvalue weighted by atomic mass is 19.4. The van der Waals surface area contributed by atoms with E-state index in [2.05, 4.69) is 10.6 Å². The number of carboxylic acids is 1. The number of nitrogens with one attached hydrogen (secondary N) is 2. The molecule has 0 atom stereocenters. The summed E-state index contributed by atoms with van der Waals surface area (Å²) in [7, 11) is 0. The Morgan fingerprint density at radius 2 is 1.81 bits per heavy atom. The lowest BCUT2D eigenvalue weighted by atomic mass is 10.1. The number of nitriles is 1. The molecule has 0 saturated heterocycles. The summed E-state index contributed by atoms with van der Waals surface area (Å²) in [6.07, 6.45) is -3.76. The monoisotopic (exact) mass is 375 g/mol. The predicted octanol–water partition coefficient (Wildman–Crippen LogP) is 3.86. The van der Waals surface area contributed by atoms with Gasteiger partial charge in [0.2, 0.25) is 0 Å². The van der Waals surface area contributed by atoms with Crippen LogP contribution >= 0.6 is 0 Å². The van der Waals surface area contributed by atoms with E-state index in [1.54, 1.807) is 6.07 Å². The molecule has 27 heavy (non-hydrogen) atoms. The molecule has 0 unspecified atom stereocenters. The Bertz CT molecular complexity index is 947. The highest BCUT2D eigenvalue weighted by molar-refractivity contribution is 6.07. The van der Waals surface area contributed by atoms with E-state index in [9.17, 15) is 22.8 Å². The molecule has 0 aliphatic carbocycles. The summed E-state index contributed by atoms with van der Waals surface area (Å²) in [5.74, 6) is -2.11. The number of aromatic carboxylic acids is 1. The number of carbonyl (C=O) groups excluding carboxylic acids is 1. The summed E-state index contributed by atoms with van der Waals surface area (Å²) in [6.45, 7) is 0. The zero-order chi connectivity index (χ0) is 20.0. The van der Waals surface area contributed by atoms with Gasteiger partial charge in [-0.25, -0.2) is 4.79 Å². The zero-order valence-corrected chi connectivity index (χ0v) is 13.5. The average molecular weight is 375 g/mol. The average Bonchev–Trinajstić information content (AvgIpc) is 2.62. The highest BCUT2D eigenvalue weighted by Crippen LogP contribution is 2.34. The topological polar surface area (TPSA) is 102 Å². The first kappa shape index (κ1) is 19.5. The van der Waals surface area contributed by atoms with E-state index in [0.717, 1.165) is 18.3 Å². The van der Waals surface area contributed by atoms with Gasteiger partial charge in [0.1, 0.15) is 11.6 Å². The summed E-state index contributed by atoms with van der Waals surface area (Å²) in [4.78, 5) is 23.0. The van der Waals surface area contributed by atoms with Crippen LogP contribution in [0, 0.1) is 11.3 Å². The van der Waals surface area contributed by atoms with Crippen LogP contribution in [0.2, 0.25) is 0 Å². The quantitative estimate of drug-likeness (QED) is 0.544. The fourth-order valence-corrected chi connectivity index (χ4v) is 2.08. The van der Waals surface area contributed by atoms with Gasteiger partial charge in [-0.1, -0.05) is 18.2 Å². The molecule has 2 aromatic rings. The Morgan fingerprint density at radius 3 is 2.44 bits per heavy atom. The summed E-state index contributed by atoms with van der Waals surface area (Å²) in [6, 6.07) is 11.5. The summed E-state index contributed by atoms with van der Waals surface area (Å²) in [5.41, 5.74) is -1.72. The van der Waals surface area contributed by atoms with Crippen molar-refractivity contribution in [2.45, 2.75) is 6.18 Å². The van der Waals surface area contributed by atoms with Crippen LogP contribution in [0.1, 0.15) is 15.9 Å². The summed E-state index contributed by atoms with van der Waals surface area (Å²) in [5, 5.41) is 22.6. The van der Waals surface area contributed by atoms with Crippen molar-refractivity contribution in [2.24, 2.45) is 0 Å². The maximum absolute atomic E-state index is 13.0. The molecule has 2 aromatic carbocycles. The van der Waals surface area contributed by atoms with Crippen molar-refractivity contribution in [3.63, 3.8) is 0 Å². The Hall–Kier alpha value is -3.80. The molecule has 0 aliphatic heterocycles. The van der Waals surface area contributed by atoms with E-state index in [0.29, 0.717) is 0 Å². The zero-order valence-electron chi connectivity index (χ0n) is 13.5. The van der Waals surface area contributed by atoms with Crippen LogP contribution < -0.4 is 10.6 Å². The first-order chi connectivity index (χ1) is 12.7. The minimum Gasteiger partial charge on any atom is -0.478 e. The van der Waals surface area contributed by atoms with Crippen molar-refractivity contribution < 1.29 is 27.9 Å². The Kier molecular flexibility index (Phi) is 5.82.